The van der Waals surface area contributed by atoms with Crippen LogP contribution < -0.4 is 5.56 Å². The van der Waals surface area contributed by atoms with Gasteiger partial charge in [0.1, 0.15) is 0 Å². The molecule has 2 aromatic rings. The van der Waals surface area contributed by atoms with Crippen LogP contribution in [0.4, 0.5) is 0 Å². The molecule has 4 heteroatoms. The van der Waals surface area contributed by atoms with Crippen molar-refractivity contribution < 1.29 is 4.79 Å². The highest BCUT2D eigenvalue weighted by atomic mass is 16.2. The van der Waals surface area contributed by atoms with Crippen molar-refractivity contribution in [2.75, 3.05) is 13.1 Å². The molecule has 2 unspecified atom stereocenters. The van der Waals surface area contributed by atoms with Crippen LogP contribution in [0.3, 0.4) is 0 Å². The number of fused-ring (bicyclic) bond motifs is 4. The van der Waals surface area contributed by atoms with Crippen LogP contribution in [0, 0.1) is 19.8 Å². The molecule has 1 aromatic carbocycles. The van der Waals surface area contributed by atoms with Gasteiger partial charge in [0, 0.05) is 42.9 Å². The zero-order valence-electron chi connectivity index (χ0n) is 14.2. The zero-order valence-corrected chi connectivity index (χ0v) is 14.2. The number of hydrogen-bond donors (Lipinski definition) is 0. The third-order valence-corrected chi connectivity index (χ3v) is 5.52. The fourth-order valence-corrected chi connectivity index (χ4v) is 4.12. The molecule has 3 heterocycles. The van der Waals surface area contributed by atoms with Crippen LogP contribution >= 0.6 is 0 Å². The molecule has 24 heavy (non-hydrogen) atoms. The molecule has 2 aliphatic heterocycles. The van der Waals surface area contributed by atoms with Gasteiger partial charge in [0.2, 0.25) is 0 Å². The Morgan fingerprint density at radius 3 is 2.67 bits per heavy atom. The van der Waals surface area contributed by atoms with Crippen LogP contribution in [-0.4, -0.2) is 28.5 Å². The Hall–Kier alpha value is -2.36. The lowest BCUT2D eigenvalue weighted by atomic mass is 9.83. The van der Waals surface area contributed by atoms with E-state index in [4.69, 9.17) is 0 Å². The summed E-state index contributed by atoms with van der Waals surface area (Å²) in [5.41, 5.74) is 4.28. The predicted molar refractivity (Wildman–Crippen MR) is 93.4 cm³/mol. The number of pyridine rings is 1. The molecule has 0 radical (unpaired) electrons. The Balaban J connectivity index is 1.63. The monoisotopic (exact) mass is 322 g/mol. The SMILES string of the molecule is Cc1ccc(C(=O)N2CC3CC(C2)c2cccc(=O)n2C3)cc1C. The molecule has 2 aliphatic rings. The molecule has 0 aliphatic carbocycles. The fourth-order valence-electron chi connectivity index (χ4n) is 4.12. The van der Waals surface area contributed by atoms with E-state index in [1.54, 1.807) is 6.07 Å². The van der Waals surface area contributed by atoms with Crippen molar-refractivity contribution in [1.29, 1.82) is 0 Å². The first kappa shape index (κ1) is 15.2. The standard InChI is InChI=1S/C20H22N2O2/c1-13-6-7-16(8-14(13)2)20(24)21-10-15-9-17(12-21)18-4-3-5-19(23)22(18)11-15/h3-8,15,17H,9-12H2,1-2H3. The second-order valence-corrected chi connectivity index (χ2v) is 7.21. The number of likely N-dealkylation sites (tertiary alicyclic amines) is 1. The first-order valence-electron chi connectivity index (χ1n) is 8.59. The van der Waals surface area contributed by atoms with Gasteiger partial charge in [0.05, 0.1) is 0 Å². The van der Waals surface area contributed by atoms with Gasteiger partial charge < -0.3 is 9.47 Å². The van der Waals surface area contributed by atoms with Crippen molar-refractivity contribution in [2.24, 2.45) is 5.92 Å². The Kier molecular flexibility index (Phi) is 3.56. The van der Waals surface area contributed by atoms with E-state index >= 15 is 0 Å². The number of aryl methyl sites for hydroxylation is 2. The number of hydrogen-bond acceptors (Lipinski definition) is 2. The van der Waals surface area contributed by atoms with Gasteiger partial charge in [0.15, 0.2) is 0 Å². The number of amides is 1. The number of piperidine rings is 1. The first-order valence-corrected chi connectivity index (χ1v) is 8.59. The lowest BCUT2D eigenvalue weighted by Gasteiger charge is -2.42. The minimum atomic E-state index is 0.0798. The molecule has 124 valence electrons. The third-order valence-electron chi connectivity index (χ3n) is 5.52. The Labute approximate surface area is 141 Å². The fraction of sp³-hybridized carbons (Fsp3) is 0.400. The quantitative estimate of drug-likeness (QED) is 0.810. The lowest BCUT2D eigenvalue weighted by Crippen LogP contribution is -2.49. The molecular formula is C20H22N2O2. The molecule has 1 fully saturated rings. The highest BCUT2D eigenvalue weighted by molar-refractivity contribution is 5.94. The second kappa shape index (κ2) is 5.62. The van der Waals surface area contributed by atoms with Gasteiger partial charge in [-0.15, -0.1) is 0 Å². The molecule has 0 saturated carbocycles. The molecule has 0 N–H and O–H groups in total. The van der Waals surface area contributed by atoms with Gasteiger partial charge in [-0.1, -0.05) is 12.1 Å². The molecule has 2 atom stereocenters. The van der Waals surface area contributed by atoms with Gasteiger partial charge in [0.25, 0.3) is 11.5 Å². The van der Waals surface area contributed by atoms with Crippen LogP contribution in [0.15, 0.2) is 41.2 Å². The number of carbonyl (C=O) groups is 1. The molecule has 1 aromatic heterocycles. The smallest absolute Gasteiger partial charge is 0.253 e. The summed E-state index contributed by atoms with van der Waals surface area (Å²) in [4.78, 5) is 27.0. The highest BCUT2D eigenvalue weighted by Gasteiger charge is 2.36. The van der Waals surface area contributed by atoms with Crippen molar-refractivity contribution in [1.82, 2.24) is 9.47 Å². The summed E-state index contributed by atoms with van der Waals surface area (Å²) in [5.74, 6) is 0.744. The van der Waals surface area contributed by atoms with Crippen LogP contribution in [0.25, 0.3) is 0 Å². The van der Waals surface area contributed by atoms with Crippen LogP contribution in [0.5, 0.6) is 0 Å². The van der Waals surface area contributed by atoms with E-state index in [1.165, 1.54) is 5.56 Å². The van der Waals surface area contributed by atoms with Gasteiger partial charge in [-0.05, 0) is 55.5 Å². The van der Waals surface area contributed by atoms with E-state index in [2.05, 4.69) is 6.92 Å². The average molecular weight is 322 g/mol. The van der Waals surface area contributed by atoms with E-state index in [9.17, 15) is 9.59 Å². The molecule has 1 saturated heterocycles. The van der Waals surface area contributed by atoms with E-state index in [1.807, 2.05) is 46.7 Å². The number of nitrogens with zero attached hydrogens (tertiary/aromatic N) is 2. The maximum absolute atomic E-state index is 12.9. The molecule has 2 bridgehead atoms. The summed E-state index contributed by atoms with van der Waals surface area (Å²) in [7, 11) is 0. The van der Waals surface area contributed by atoms with E-state index in [0.29, 0.717) is 12.5 Å². The van der Waals surface area contributed by atoms with Gasteiger partial charge in [-0.3, -0.25) is 9.59 Å². The van der Waals surface area contributed by atoms with Crippen molar-refractivity contribution in [3.63, 3.8) is 0 Å². The summed E-state index contributed by atoms with van der Waals surface area (Å²) in [6.07, 6.45) is 1.07. The number of benzene rings is 1. The van der Waals surface area contributed by atoms with Crippen molar-refractivity contribution in [2.45, 2.75) is 32.7 Å². The molecule has 1 amide bonds. The second-order valence-electron chi connectivity index (χ2n) is 7.21. The van der Waals surface area contributed by atoms with Gasteiger partial charge in [-0.25, -0.2) is 0 Å². The highest BCUT2D eigenvalue weighted by Crippen LogP contribution is 2.35. The normalized spacial score (nSPS) is 22.2. The van der Waals surface area contributed by atoms with Gasteiger partial charge in [-0.2, -0.15) is 0 Å². The summed E-state index contributed by atoms with van der Waals surface area (Å²) in [5, 5.41) is 0. The maximum Gasteiger partial charge on any atom is 0.253 e. The third kappa shape index (κ3) is 2.46. The van der Waals surface area contributed by atoms with Gasteiger partial charge >= 0.3 is 0 Å². The Bertz CT molecular complexity index is 868. The van der Waals surface area contributed by atoms with Crippen LogP contribution in [0.2, 0.25) is 0 Å². The Morgan fingerprint density at radius 2 is 1.88 bits per heavy atom. The molecular weight excluding hydrogens is 300 g/mol. The van der Waals surface area contributed by atoms with Crippen LogP contribution in [0.1, 0.15) is 39.5 Å². The minimum absolute atomic E-state index is 0.0798. The van der Waals surface area contributed by atoms with E-state index < -0.39 is 0 Å². The lowest BCUT2D eigenvalue weighted by molar-refractivity contribution is 0.0594. The van der Waals surface area contributed by atoms with E-state index in [-0.39, 0.29) is 17.4 Å². The number of aromatic nitrogens is 1. The van der Waals surface area contributed by atoms with Crippen molar-refractivity contribution in [3.8, 4) is 0 Å². The van der Waals surface area contributed by atoms with Crippen LogP contribution in [-0.2, 0) is 6.54 Å². The summed E-state index contributed by atoms with van der Waals surface area (Å²) >= 11 is 0. The Morgan fingerprint density at radius 1 is 1.04 bits per heavy atom. The van der Waals surface area contributed by atoms with Crippen molar-refractivity contribution in [3.05, 3.63) is 69.1 Å². The largest absolute Gasteiger partial charge is 0.338 e. The summed E-state index contributed by atoms with van der Waals surface area (Å²) in [6, 6.07) is 11.4. The van der Waals surface area contributed by atoms with Crippen molar-refractivity contribution >= 4 is 5.91 Å². The molecule has 4 nitrogen and oxygen atoms in total. The number of rotatable bonds is 1. The topological polar surface area (TPSA) is 42.3 Å². The summed E-state index contributed by atoms with van der Waals surface area (Å²) in [6.45, 7) is 6.26. The summed E-state index contributed by atoms with van der Waals surface area (Å²) < 4.78 is 1.90. The maximum atomic E-state index is 12.9. The predicted octanol–water partition coefficient (Wildman–Crippen LogP) is 2.72. The average Bonchev–Trinajstić information content (AvgIpc) is 2.57. The van der Waals surface area contributed by atoms with E-state index in [0.717, 1.165) is 36.3 Å². The zero-order chi connectivity index (χ0) is 16.8. The first-order chi connectivity index (χ1) is 11.5. The minimum Gasteiger partial charge on any atom is -0.338 e. The number of carbonyl (C=O) groups excluding carboxylic acids is 1. The molecule has 0 spiro atoms. The molecule has 4 rings (SSSR count).